The van der Waals surface area contributed by atoms with E-state index in [2.05, 4.69) is 16.7 Å². The van der Waals surface area contributed by atoms with Crippen LogP contribution in [0.1, 0.15) is 12.0 Å². The van der Waals surface area contributed by atoms with Crippen LogP contribution >= 0.6 is 11.3 Å². The van der Waals surface area contributed by atoms with Crippen molar-refractivity contribution in [2.75, 3.05) is 39.5 Å². The lowest BCUT2D eigenvalue weighted by Gasteiger charge is -2.37. The summed E-state index contributed by atoms with van der Waals surface area (Å²) in [5.41, 5.74) is 4.69. The van der Waals surface area contributed by atoms with E-state index in [0.29, 0.717) is 42.9 Å². The zero-order valence-electron chi connectivity index (χ0n) is 16.6. The summed E-state index contributed by atoms with van der Waals surface area (Å²) in [7, 11) is -3.63. The molecule has 5 rings (SSSR count). The summed E-state index contributed by atoms with van der Waals surface area (Å²) < 4.78 is 34.3. The summed E-state index contributed by atoms with van der Waals surface area (Å²) in [6, 6.07) is 6.98. The summed E-state index contributed by atoms with van der Waals surface area (Å²) in [5.74, 6) is 3.15. The van der Waals surface area contributed by atoms with Crippen molar-refractivity contribution in [3.63, 3.8) is 0 Å². The molecule has 0 bridgehead atoms. The van der Waals surface area contributed by atoms with E-state index in [1.54, 1.807) is 17.0 Å². The Morgan fingerprint density at radius 3 is 2.74 bits per heavy atom. The van der Waals surface area contributed by atoms with Gasteiger partial charge in [0.2, 0.25) is 5.88 Å². The summed E-state index contributed by atoms with van der Waals surface area (Å²) in [6.07, 6.45) is 6.13. The number of ether oxygens (including phenoxy) is 1. The van der Waals surface area contributed by atoms with Crippen molar-refractivity contribution >= 4 is 37.5 Å². The molecule has 4 heterocycles. The molecule has 2 aromatic rings. The minimum Gasteiger partial charge on any atom is -0.456 e. The topological polar surface area (TPSA) is 94.2 Å². The summed E-state index contributed by atoms with van der Waals surface area (Å²) >= 11 is 1.22. The quantitative estimate of drug-likeness (QED) is 0.657. The number of hydrazine groups is 1. The predicted octanol–water partition coefficient (Wildman–Crippen LogP) is 1.27. The normalized spacial score (nSPS) is 19.5. The van der Waals surface area contributed by atoms with Gasteiger partial charge in [-0.25, -0.2) is 18.2 Å². The van der Waals surface area contributed by atoms with Gasteiger partial charge >= 0.3 is 6.03 Å². The van der Waals surface area contributed by atoms with Crippen LogP contribution in [-0.4, -0.2) is 68.1 Å². The van der Waals surface area contributed by atoms with E-state index in [-0.39, 0.29) is 19.1 Å². The second-order valence-corrected chi connectivity index (χ2v) is 10.7. The van der Waals surface area contributed by atoms with Gasteiger partial charge in [0.25, 0.3) is 10.0 Å². The monoisotopic (exact) mass is 459 g/mol. The van der Waals surface area contributed by atoms with E-state index >= 15 is 0 Å². The molecule has 3 aliphatic rings. The molecule has 11 heteroatoms. The third kappa shape index (κ3) is 3.56. The molecular formula is C20H21N5O4S2. The highest BCUT2D eigenvalue weighted by molar-refractivity contribution is 7.91. The second kappa shape index (κ2) is 7.64. The lowest BCUT2D eigenvalue weighted by molar-refractivity contribution is 0.0948. The Hall–Kier alpha value is -2.94. The van der Waals surface area contributed by atoms with Gasteiger partial charge in [0, 0.05) is 49.4 Å². The Morgan fingerprint density at radius 2 is 1.97 bits per heavy atom. The van der Waals surface area contributed by atoms with Gasteiger partial charge in [-0.15, -0.1) is 17.8 Å². The first kappa shape index (κ1) is 20.0. The molecule has 0 aliphatic carbocycles. The smallest absolute Gasteiger partial charge is 0.338 e. The summed E-state index contributed by atoms with van der Waals surface area (Å²) in [4.78, 5) is 14.5. The number of carbonyl (C=O) groups excluding carboxylic acids is 1. The average molecular weight is 460 g/mol. The Bertz CT molecular complexity index is 1220. The molecule has 1 aromatic carbocycles. The molecule has 0 radical (unpaired) electrons. The number of sulfonamides is 1. The minimum atomic E-state index is -3.63. The molecule has 1 saturated heterocycles. The number of piperazine rings is 1. The van der Waals surface area contributed by atoms with Gasteiger partial charge in [0.15, 0.2) is 6.73 Å². The van der Waals surface area contributed by atoms with E-state index < -0.39 is 10.0 Å². The third-order valence-electron chi connectivity index (χ3n) is 5.60. The number of fused-ring (bicyclic) bond motifs is 1. The van der Waals surface area contributed by atoms with Gasteiger partial charge in [0.05, 0.1) is 5.70 Å². The molecule has 9 nitrogen and oxygen atoms in total. The van der Waals surface area contributed by atoms with Crippen molar-refractivity contribution in [2.24, 2.45) is 0 Å². The fourth-order valence-electron chi connectivity index (χ4n) is 3.85. The van der Waals surface area contributed by atoms with Gasteiger partial charge < -0.3 is 15.0 Å². The number of thiophene rings is 1. The number of hydrogen-bond donors (Lipinski definition) is 2. The van der Waals surface area contributed by atoms with Crippen molar-refractivity contribution in [2.45, 2.75) is 10.6 Å². The first-order chi connectivity index (χ1) is 15.0. The standard InChI is InChI=1S/C20H21N5O4S2/c1-2-14-3-4-15-12-18(30-17(15)11-14)31(27,28)24-9-7-23(8-10-24)20(26)25-6-5-16-19(22-25)29-13-21-16/h1,3-4,11-12,21-22H,5-10,13H2. The SMILES string of the molecule is C#Cc1ccc2cc(S(=O)(=O)N3CCN(C(=O)N4CCC5=C(N4)OCN5)CC3)sc2c1. The van der Waals surface area contributed by atoms with Crippen LogP contribution in [0.5, 0.6) is 0 Å². The number of nitrogens with zero attached hydrogens (tertiary/aromatic N) is 3. The zero-order chi connectivity index (χ0) is 21.6. The Labute approximate surface area is 184 Å². The number of hydrogen-bond acceptors (Lipinski definition) is 7. The highest BCUT2D eigenvalue weighted by Crippen LogP contribution is 2.32. The first-order valence-electron chi connectivity index (χ1n) is 9.89. The maximum atomic E-state index is 13.2. The van der Waals surface area contributed by atoms with Crippen LogP contribution in [-0.2, 0) is 14.8 Å². The van der Waals surface area contributed by atoms with Gasteiger partial charge in [-0.3, -0.25) is 5.43 Å². The number of carbonyl (C=O) groups is 1. The van der Waals surface area contributed by atoms with Gasteiger partial charge in [0.1, 0.15) is 4.21 Å². The molecule has 0 unspecified atom stereocenters. The molecule has 0 saturated carbocycles. The second-order valence-electron chi connectivity index (χ2n) is 7.42. The maximum Gasteiger partial charge on any atom is 0.338 e. The van der Waals surface area contributed by atoms with Crippen LogP contribution in [0.15, 0.2) is 40.1 Å². The maximum absolute atomic E-state index is 13.2. The van der Waals surface area contributed by atoms with E-state index in [1.807, 2.05) is 12.1 Å². The third-order valence-corrected chi connectivity index (χ3v) is 9.04. The Morgan fingerprint density at radius 1 is 1.16 bits per heavy atom. The number of amides is 2. The fraction of sp³-hybridized carbons (Fsp3) is 0.350. The number of urea groups is 1. The van der Waals surface area contributed by atoms with E-state index in [9.17, 15) is 13.2 Å². The van der Waals surface area contributed by atoms with E-state index in [4.69, 9.17) is 11.2 Å². The molecule has 31 heavy (non-hydrogen) atoms. The van der Waals surface area contributed by atoms with Crippen LogP contribution in [0.3, 0.4) is 0 Å². The van der Waals surface area contributed by atoms with Crippen LogP contribution in [0.4, 0.5) is 4.79 Å². The highest BCUT2D eigenvalue weighted by atomic mass is 32.2. The lowest BCUT2D eigenvalue weighted by Crippen LogP contribution is -2.57. The average Bonchev–Trinajstić information content (AvgIpc) is 3.44. The Balaban J connectivity index is 1.25. The molecule has 0 spiro atoms. The molecule has 2 N–H and O–H groups in total. The molecule has 0 atom stereocenters. The van der Waals surface area contributed by atoms with Crippen LogP contribution in [0.2, 0.25) is 0 Å². The number of nitrogens with one attached hydrogen (secondary N) is 2. The largest absolute Gasteiger partial charge is 0.456 e. The molecule has 162 valence electrons. The van der Waals surface area contributed by atoms with E-state index in [0.717, 1.165) is 21.3 Å². The van der Waals surface area contributed by atoms with Crippen molar-refractivity contribution < 1.29 is 17.9 Å². The number of benzene rings is 1. The van der Waals surface area contributed by atoms with Crippen molar-refractivity contribution in [1.82, 2.24) is 25.0 Å². The molecule has 1 fully saturated rings. The van der Waals surface area contributed by atoms with Gasteiger partial charge in [-0.05, 0) is 23.6 Å². The molecular weight excluding hydrogens is 438 g/mol. The molecule has 1 aromatic heterocycles. The van der Waals surface area contributed by atoms with Crippen LogP contribution in [0.25, 0.3) is 10.1 Å². The van der Waals surface area contributed by atoms with Crippen molar-refractivity contribution in [3.8, 4) is 12.3 Å². The van der Waals surface area contributed by atoms with Crippen molar-refractivity contribution in [1.29, 1.82) is 0 Å². The van der Waals surface area contributed by atoms with E-state index in [1.165, 1.54) is 20.7 Å². The lowest BCUT2D eigenvalue weighted by atomic mass is 10.2. The predicted molar refractivity (Wildman–Crippen MR) is 116 cm³/mol. The van der Waals surface area contributed by atoms with Gasteiger partial charge in [-0.1, -0.05) is 12.0 Å². The highest BCUT2D eigenvalue weighted by Gasteiger charge is 2.34. The molecule has 2 amide bonds. The van der Waals surface area contributed by atoms with Crippen molar-refractivity contribution in [3.05, 3.63) is 41.4 Å². The zero-order valence-corrected chi connectivity index (χ0v) is 18.3. The Kier molecular flexibility index (Phi) is 4.92. The minimum absolute atomic E-state index is 0.178. The molecule has 3 aliphatic heterocycles. The van der Waals surface area contributed by atoms with Crippen LogP contribution in [0, 0.1) is 12.3 Å². The first-order valence-corrected chi connectivity index (χ1v) is 12.1. The number of rotatable bonds is 2. The summed E-state index contributed by atoms with van der Waals surface area (Å²) in [6.45, 7) is 2.07. The van der Waals surface area contributed by atoms with Crippen LogP contribution < -0.4 is 10.7 Å². The summed E-state index contributed by atoms with van der Waals surface area (Å²) in [5, 5.41) is 5.48. The number of terminal acetylenes is 1. The van der Waals surface area contributed by atoms with Gasteiger partial charge in [-0.2, -0.15) is 4.31 Å². The fourth-order valence-corrected chi connectivity index (χ4v) is 6.87.